The highest BCUT2D eigenvalue weighted by Crippen LogP contribution is 2.20. The summed E-state index contributed by atoms with van der Waals surface area (Å²) in [6, 6.07) is 6.18. The average Bonchev–Trinajstić information content (AvgIpc) is 2.90. The second-order valence-electron chi connectivity index (χ2n) is 4.30. The summed E-state index contributed by atoms with van der Waals surface area (Å²) in [6.07, 6.45) is 1.59. The van der Waals surface area contributed by atoms with Crippen LogP contribution in [0.25, 0.3) is 5.57 Å². The Morgan fingerprint density at radius 1 is 1.26 bits per heavy atom. The Balaban J connectivity index is 2.27. The smallest absolute Gasteiger partial charge is 0.216 e. The molecule has 0 saturated carbocycles. The predicted molar refractivity (Wildman–Crippen MR) is 72.0 cm³/mol. The van der Waals surface area contributed by atoms with Gasteiger partial charge in [0.1, 0.15) is 11.6 Å². The Labute approximate surface area is 111 Å². The molecule has 1 aromatic carbocycles. The van der Waals surface area contributed by atoms with Crippen molar-refractivity contribution < 1.29 is 0 Å². The van der Waals surface area contributed by atoms with Gasteiger partial charge in [0.2, 0.25) is 5.82 Å². The molecule has 0 saturated heterocycles. The highest BCUT2D eigenvalue weighted by molar-refractivity contribution is 5.74. The number of hydrogen-bond acceptors (Lipinski definition) is 5. The first-order chi connectivity index (χ1) is 9.11. The molecule has 0 fully saturated rings. The van der Waals surface area contributed by atoms with Crippen LogP contribution in [0.5, 0.6) is 0 Å². The Hall–Kier alpha value is -2.68. The number of anilines is 1. The number of hydrogen-bond donors (Lipinski definition) is 2. The first-order valence-corrected chi connectivity index (χ1v) is 5.80. The van der Waals surface area contributed by atoms with E-state index in [4.69, 9.17) is 5.26 Å². The van der Waals surface area contributed by atoms with E-state index in [-0.39, 0.29) is 5.82 Å². The molecule has 0 bridgehead atoms. The third-order valence-corrected chi connectivity index (χ3v) is 2.92. The number of benzene rings is 1. The summed E-state index contributed by atoms with van der Waals surface area (Å²) >= 11 is 0. The monoisotopic (exact) mass is 254 g/mol. The maximum absolute atomic E-state index is 9.06. The van der Waals surface area contributed by atoms with Gasteiger partial charge in [-0.25, -0.2) is 0 Å². The normalized spacial score (nSPS) is 11.2. The van der Waals surface area contributed by atoms with E-state index in [1.165, 1.54) is 11.1 Å². The van der Waals surface area contributed by atoms with E-state index in [0.29, 0.717) is 5.57 Å². The molecule has 6 nitrogen and oxygen atoms in total. The van der Waals surface area contributed by atoms with Crippen LogP contribution in [0.3, 0.4) is 0 Å². The standard InChI is InChI=1S/C13H14N6/c1-8-4-10(3)12(5-9(8)2)15-7-11(6-14)13-16-18-19-17-13/h4-5,7,15H,1-3H3,(H,16,17,18,19). The first kappa shape index (κ1) is 12.8. The molecule has 0 amide bonds. The van der Waals surface area contributed by atoms with Crippen LogP contribution < -0.4 is 5.32 Å². The van der Waals surface area contributed by atoms with Gasteiger partial charge in [0.05, 0.1) is 0 Å². The Bertz CT molecular complexity index is 649. The van der Waals surface area contributed by atoms with Crippen LogP contribution in [0.1, 0.15) is 22.5 Å². The van der Waals surface area contributed by atoms with Crippen molar-refractivity contribution >= 4 is 11.3 Å². The maximum atomic E-state index is 9.06. The van der Waals surface area contributed by atoms with E-state index in [1.807, 2.05) is 26.0 Å². The van der Waals surface area contributed by atoms with E-state index in [1.54, 1.807) is 6.20 Å². The second kappa shape index (κ2) is 5.31. The van der Waals surface area contributed by atoms with Crippen LogP contribution in [-0.2, 0) is 0 Å². The molecular weight excluding hydrogens is 240 g/mol. The minimum absolute atomic E-state index is 0.275. The minimum atomic E-state index is 0.275. The van der Waals surface area contributed by atoms with E-state index in [2.05, 4.69) is 38.9 Å². The molecule has 2 rings (SSSR count). The maximum Gasteiger partial charge on any atom is 0.216 e. The summed E-state index contributed by atoms with van der Waals surface area (Å²) in [7, 11) is 0. The number of nitrogens with one attached hydrogen (secondary N) is 2. The summed E-state index contributed by atoms with van der Waals surface area (Å²) in [4.78, 5) is 0. The van der Waals surface area contributed by atoms with Crippen LogP contribution in [0, 0.1) is 32.1 Å². The molecule has 0 aliphatic carbocycles. The lowest BCUT2D eigenvalue weighted by molar-refractivity contribution is 0.881. The molecule has 0 atom stereocenters. The number of H-pyrrole nitrogens is 1. The van der Waals surface area contributed by atoms with Crippen LogP contribution >= 0.6 is 0 Å². The zero-order chi connectivity index (χ0) is 13.8. The van der Waals surface area contributed by atoms with Crippen LogP contribution in [0.2, 0.25) is 0 Å². The molecule has 0 unspecified atom stereocenters. The molecule has 0 aliphatic rings. The van der Waals surface area contributed by atoms with Crippen LogP contribution in [0.15, 0.2) is 18.3 Å². The predicted octanol–water partition coefficient (Wildman–Crippen LogP) is 2.10. The number of rotatable bonds is 3. The van der Waals surface area contributed by atoms with Crippen molar-refractivity contribution in [3.8, 4) is 6.07 Å². The van der Waals surface area contributed by atoms with Crippen molar-refractivity contribution in [2.45, 2.75) is 20.8 Å². The van der Waals surface area contributed by atoms with Gasteiger partial charge < -0.3 is 5.32 Å². The minimum Gasteiger partial charge on any atom is -0.360 e. The number of tetrazole rings is 1. The molecule has 2 aromatic rings. The number of aryl methyl sites for hydroxylation is 3. The molecule has 0 radical (unpaired) electrons. The molecule has 6 heteroatoms. The van der Waals surface area contributed by atoms with Crippen molar-refractivity contribution in [2.75, 3.05) is 5.32 Å². The molecule has 0 aliphatic heterocycles. The molecule has 19 heavy (non-hydrogen) atoms. The first-order valence-electron chi connectivity index (χ1n) is 5.80. The van der Waals surface area contributed by atoms with Crippen molar-refractivity contribution in [2.24, 2.45) is 0 Å². The van der Waals surface area contributed by atoms with Gasteiger partial charge in [-0.05, 0) is 48.7 Å². The fourth-order valence-electron chi connectivity index (χ4n) is 1.69. The molecule has 1 aromatic heterocycles. The van der Waals surface area contributed by atoms with Gasteiger partial charge in [0.25, 0.3) is 0 Å². The summed E-state index contributed by atoms with van der Waals surface area (Å²) in [5, 5.41) is 25.5. The van der Waals surface area contributed by atoms with Gasteiger partial charge in [-0.1, -0.05) is 6.07 Å². The Morgan fingerprint density at radius 3 is 2.63 bits per heavy atom. The Morgan fingerprint density at radius 2 is 2.00 bits per heavy atom. The third kappa shape index (κ3) is 2.77. The van der Waals surface area contributed by atoms with Gasteiger partial charge >= 0.3 is 0 Å². The molecule has 96 valence electrons. The highest BCUT2D eigenvalue weighted by Gasteiger charge is 2.06. The zero-order valence-electron chi connectivity index (χ0n) is 11.0. The molecule has 1 heterocycles. The van der Waals surface area contributed by atoms with Crippen molar-refractivity contribution in [1.82, 2.24) is 20.6 Å². The Kier molecular flexibility index (Phi) is 3.57. The SMILES string of the molecule is Cc1cc(C)c(NC=C(C#N)c2nn[nH]n2)cc1C. The van der Waals surface area contributed by atoms with E-state index >= 15 is 0 Å². The number of aromatic amines is 1. The number of allylic oxidation sites excluding steroid dienone is 1. The number of nitrogens with zero attached hydrogens (tertiary/aromatic N) is 4. The number of aromatic nitrogens is 4. The topological polar surface area (TPSA) is 90.3 Å². The van der Waals surface area contributed by atoms with Gasteiger partial charge in [-0.2, -0.15) is 10.5 Å². The van der Waals surface area contributed by atoms with Crippen molar-refractivity contribution in [3.63, 3.8) is 0 Å². The number of nitriles is 1. The van der Waals surface area contributed by atoms with E-state index in [0.717, 1.165) is 11.3 Å². The van der Waals surface area contributed by atoms with E-state index in [9.17, 15) is 0 Å². The lowest BCUT2D eigenvalue weighted by Gasteiger charge is -2.09. The van der Waals surface area contributed by atoms with Gasteiger partial charge in [0.15, 0.2) is 0 Å². The lowest BCUT2D eigenvalue weighted by atomic mass is 10.1. The van der Waals surface area contributed by atoms with Gasteiger partial charge in [-0.3, -0.25) is 0 Å². The highest BCUT2D eigenvalue weighted by atomic mass is 15.5. The average molecular weight is 254 g/mol. The second-order valence-corrected chi connectivity index (χ2v) is 4.30. The third-order valence-electron chi connectivity index (χ3n) is 2.92. The van der Waals surface area contributed by atoms with Gasteiger partial charge in [0, 0.05) is 11.9 Å². The zero-order valence-corrected chi connectivity index (χ0v) is 11.0. The quantitative estimate of drug-likeness (QED) is 0.818. The van der Waals surface area contributed by atoms with Crippen molar-refractivity contribution in [1.29, 1.82) is 5.26 Å². The van der Waals surface area contributed by atoms with Crippen LogP contribution in [0.4, 0.5) is 5.69 Å². The fourth-order valence-corrected chi connectivity index (χ4v) is 1.69. The molecule has 2 N–H and O–H groups in total. The largest absolute Gasteiger partial charge is 0.360 e. The fraction of sp³-hybridized carbons (Fsp3) is 0.231. The van der Waals surface area contributed by atoms with Gasteiger partial charge in [-0.15, -0.1) is 10.2 Å². The summed E-state index contributed by atoms with van der Waals surface area (Å²) in [5.41, 5.74) is 4.83. The summed E-state index contributed by atoms with van der Waals surface area (Å²) < 4.78 is 0. The van der Waals surface area contributed by atoms with E-state index < -0.39 is 0 Å². The van der Waals surface area contributed by atoms with Crippen LogP contribution in [-0.4, -0.2) is 20.6 Å². The van der Waals surface area contributed by atoms with Crippen molar-refractivity contribution in [3.05, 3.63) is 40.8 Å². The summed E-state index contributed by atoms with van der Waals surface area (Å²) in [6.45, 7) is 6.14. The summed E-state index contributed by atoms with van der Waals surface area (Å²) in [5.74, 6) is 0.275. The lowest BCUT2D eigenvalue weighted by Crippen LogP contribution is -1.96. The molecule has 0 spiro atoms. The molecular formula is C13H14N6.